The summed E-state index contributed by atoms with van der Waals surface area (Å²) in [6, 6.07) is 11.0. The molecule has 0 saturated carbocycles. The number of benzene rings is 2. The Bertz CT molecular complexity index is 713. The van der Waals surface area contributed by atoms with E-state index in [2.05, 4.69) is 5.32 Å². The minimum Gasteiger partial charge on any atom is -0.497 e. The third-order valence-electron chi connectivity index (χ3n) is 3.82. The molecule has 0 bridgehead atoms. The molecule has 0 aliphatic heterocycles. The van der Waals surface area contributed by atoms with Gasteiger partial charge in [-0.05, 0) is 60.9 Å². The molecular weight excluding hydrogens is 306 g/mol. The fourth-order valence-electron chi connectivity index (χ4n) is 2.51. The van der Waals surface area contributed by atoms with E-state index >= 15 is 0 Å². The van der Waals surface area contributed by atoms with Crippen LogP contribution in [0.25, 0.3) is 0 Å². The number of nitrogens with one attached hydrogen (secondary N) is 1. The van der Waals surface area contributed by atoms with Crippen molar-refractivity contribution in [2.75, 3.05) is 27.9 Å². The predicted octanol–water partition coefficient (Wildman–Crippen LogP) is 2.99. The smallest absolute Gasteiger partial charge is 0.251 e. The van der Waals surface area contributed by atoms with Gasteiger partial charge in [-0.2, -0.15) is 0 Å². The number of aryl methyl sites for hydroxylation is 1. The molecule has 5 nitrogen and oxygen atoms in total. The highest BCUT2D eigenvalue weighted by Crippen LogP contribution is 2.24. The molecule has 0 radical (unpaired) electrons. The number of amides is 1. The van der Waals surface area contributed by atoms with Crippen molar-refractivity contribution in [3.63, 3.8) is 0 Å². The van der Waals surface area contributed by atoms with Crippen LogP contribution in [-0.2, 0) is 6.42 Å². The predicted molar refractivity (Wildman–Crippen MR) is 93.3 cm³/mol. The van der Waals surface area contributed by atoms with Gasteiger partial charge in [-0.1, -0.05) is 0 Å². The first-order valence-electron chi connectivity index (χ1n) is 7.72. The Morgan fingerprint density at radius 3 is 2.29 bits per heavy atom. The molecule has 0 fully saturated rings. The lowest BCUT2D eigenvalue weighted by atomic mass is 10.1. The lowest BCUT2D eigenvalue weighted by Crippen LogP contribution is -2.25. The normalized spacial score (nSPS) is 10.2. The van der Waals surface area contributed by atoms with Crippen molar-refractivity contribution in [1.29, 1.82) is 0 Å². The van der Waals surface area contributed by atoms with Crippen LogP contribution in [0.15, 0.2) is 36.4 Å². The molecule has 0 unspecified atom stereocenters. The molecular formula is C19H23NO4. The van der Waals surface area contributed by atoms with Crippen LogP contribution < -0.4 is 19.5 Å². The van der Waals surface area contributed by atoms with Gasteiger partial charge >= 0.3 is 0 Å². The van der Waals surface area contributed by atoms with Gasteiger partial charge in [0.15, 0.2) is 0 Å². The Kier molecular flexibility index (Phi) is 6.07. The van der Waals surface area contributed by atoms with Crippen molar-refractivity contribution in [1.82, 2.24) is 5.32 Å². The summed E-state index contributed by atoms with van der Waals surface area (Å²) in [4.78, 5) is 12.3. The molecule has 0 aromatic heterocycles. The Morgan fingerprint density at radius 1 is 0.958 bits per heavy atom. The maximum Gasteiger partial charge on any atom is 0.251 e. The standard InChI is InChI=1S/C19H23NO4/c1-13-11-15(5-7-17(13)23-3)19(21)20-10-9-14-12-16(22-2)6-8-18(14)24-4/h5-8,11-12H,9-10H2,1-4H3,(H,20,21). The molecule has 128 valence electrons. The number of hydrogen-bond donors (Lipinski definition) is 1. The molecule has 0 aliphatic carbocycles. The van der Waals surface area contributed by atoms with E-state index < -0.39 is 0 Å². The Labute approximate surface area is 142 Å². The van der Waals surface area contributed by atoms with Gasteiger partial charge in [0.05, 0.1) is 21.3 Å². The van der Waals surface area contributed by atoms with Crippen LogP contribution in [0.1, 0.15) is 21.5 Å². The summed E-state index contributed by atoms with van der Waals surface area (Å²) in [5, 5.41) is 2.92. The molecule has 0 spiro atoms. The third-order valence-corrected chi connectivity index (χ3v) is 3.82. The zero-order valence-electron chi connectivity index (χ0n) is 14.5. The first-order chi connectivity index (χ1) is 11.6. The monoisotopic (exact) mass is 329 g/mol. The topological polar surface area (TPSA) is 56.8 Å². The maximum atomic E-state index is 12.3. The molecule has 2 rings (SSSR count). The Balaban J connectivity index is 1.99. The van der Waals surface area contributed by atoms with Crippen molar-refractivity contribution in [2.45, 2.75) is 13.3 Å². The van der Waals surface area contributed by atoms with Crippen LogP contribution in [0.5, 0.6) is 17.2 Å². The summed E-state index contributed by atoms with van der Waals surface area (Å²) in [7, 11) is 4.87. The molecule has 2 aromatic carbocycles. The van der Waals surface area contributed by atoms with E-state index in [0.717, 1.165) is 28.4 Å². The molecule has 5 heteroatoms. The molecule has 0 saturated heterocycles. The summed E-state index contributed by atoms with van der Waals surface area (Å²) in [6.45, 7) is 2.42. The number of carbonyl (C=O) groups excluding carboxylic acids is 1. The summed E-state index contributed by atoms with van der Waals surface area (Å²) in [5.74, 6) is 2.21. The van der Waals surface area contributed by atoms with E-state index in [0.29, 0.717) is 18.5 Å². The van der Waals surface area contributed by atoms with Crippen LogP contribution in [0.2, 0.25) is 0 Å². The van der Waals surface area contributed by atoms with E-state index in [4.69, 9.17) is 14.2 Å². The number of rotatable bonds is 7. The molecule has 0 atom stereocenters. The third kappa shape index (κ3) is 4.19. The minimum atomic E-state index is -0.109. The molecule has 0 heterocycles. The lowest BCUT2D eigenvalue weighted by Gasteiger charge is -2.11. The van der Waals surface area contributed by atoms with Crippen LogP contribution in [-0.4, -0.2) is 33.8 Å². The highest BCUT2D eigenvalue weighted by molar-refractivity contribution is 5.94. The molecule has 1 amide bonds. The van der Waals surface area contributed by atoms with Crippen molar-refractivity contribution < 1.29 is 19.0 Å². The summed E-state index contributed by atoms with van der Waals surface area (Å²) in [6.07, 6.45) is 0.654. The number of methoxy groups -OCH3 is 3. The van der Waals surface area contributed by atoms with Crippen molar-refractivity contribution in [3.8, 4) is 17.2 Å². The van der Waals surface area contributed by atoms with E-state index in [-0.39, 0.29) is 5.91 Å². The second-order valence-corrected chi connectivity index (χ2v) is 5.37. The van der Waals surface area contributed by atoms with Crippen molar-refractivity contribution >= 4 is 5.91 Å². The van der Waals surface area contributed by atoms with Gasteiger partial charge in [-0.3, -0.25) is 4.79 Å². The zero-order valence-corrected chi connectivity index (χ0v) is 14.5. The summed E-state index contributed by atoms with van der Waals surface area (Å²) >= 11 is 0. The molecule has 1 N–H and O–H groups in total. The van der Waals surface area contributed by atoms with E-state index in [1.165, 1.54) is 0 Å². The van der Waals surface area contributed by atoms with Gasteiger partial charge in [-0.25, -0.2) is 0 Å². The van der Waals surface area contributed by atoms with Crippen molar-refractivity contribution in [2.24, 2.45) is 0 Å². The fourth-order valence-corrected chi connectivity index (χ4v) is 2.51. The van der Waals surface area contributed by atoms with Crippen LogP contribution in [0.4, 0.5) is 0 Å². The van der Waals surface area contributed by atoms with Crippen LogP contribution in [0.3, 0.4) is 0 Å². The molecule has 0 aliphatic rings. The Morgan fingerprint density at radius 2 is 1.67 bits per heavy atom. The highest BCUT2D eigenvalue weighted by atomic mass is 16.5. The van der Waals surface area contributed by atoms with Gasteiger partial charge < -0.3 is 19.5 Å². The van der Waals surface area contributed by atoms with Crippen LogP contribution in [0, 0.1) is 6.92 Å². The molecule has 2 aromatic rings. The Hall–Kier alpha value is -2.69. The number of hydrogen-bond acceptors (Lipinski definition) is 4. The van der Waals surface area contributed by atoms with Gasteiger partial charge in [0.2, 0.25) is 0 Å². The average molecular weight is 329 g/mol. The zero-order chi connectivity index (χ0) is 17.5. The summed E-state index contributed by atoms with van der Waals surface area (Å²) in [5.41, 5.74) is 2.54. The van der Waals surface area contributed by atoms with Crippen LogP contribution >= 0.6 is 0 Å². The van der Waals surface area contributed by atoms with E-state index in [1.807, 2.05) is 31.2 Å². The van der Waals surface area contributed by atoms with Gasteiger partial charge in [0.1, 0.15) is 17.2 Å². The quantitative estimate of drug-likeness (QED) is 0.848. The first-order valence-corrected chi connectivity index (χ1v) is 7.72. The largest absolute Gasteiger partial charge is 0.497 e. The van der Waals surface area contributed by atoms with E-state index in [1.54, 1.807) is 33.5 Å². The number of ether oxygens (including phenoxy) is 3. The lowest BCUT2D eigenvalue weighted by molar-refractivity contribution is 0.0954. The minimum absolute atomic E-state index is 0.109. The van der Waals surface area contributed by atoms with Crippen molar-refractivity contribution in [3.05, 3.63) is 53.1 Å². The fraction of sp³-hybridized carbons (Fsp3) is 0.316. The molecule has 24 heavy (non-hydrogen) atoms. The highest BCUT2D eigenvalue weighted by Gasteiger charge is 2.09. The second kappa shape index (κ2) is 8.24. The summed E-state index contributed by atoms with van der Waals surface area (Å²) < 4.78 is 15.8. The van der Waals surface area contributed by atoms with Gasteiger partial charge in [-0.15, -0.1) is 0 Å². The number of carbonyl (C=O) groups is 1. The SMILES string of the molecule is COc1ccc(OC)c(CCNC(=O)c2ccc(OC)c(C)c2)c1. The maximum absolute atomic E-state index is 12.3. The average Bonchev–Trinajstić information content (AvgIpc) is 2.61. The van der Waals surface area contributed by atoms with E-state index in [9.17, 15) is 4.79 Å². The first kappa shape index (κ1) is 17.7. The van der Waals surface area contributed by atoms with Gasteiger partial charge in [0.25, 0.3) is 5.91 Å². The second-order valence-electron chi connectivity index (χ2n) is 5.37. The van der Waals surface area contributed by atoms with Gasteiger partial charge in [0, 0.05) is 12.1 Å².